The van der Waals surface area contributed by atoms with Crippen molar-refractivity contribution in [2.75, 3.05) is 53.0 Å². The van der Waals surface area contributed by atoms with E-state index in [1.807, 2.05) is 29.2 Å². The monoisotopic (exact) mass is 375 g/mol. The molecule has 1 N–H and O–H groups in total. The third-order valence-electron chi connectivity index (χ3n) is 5.42. The van der Waals surface area contributed by atoms with Crippen molar-refractivity contribution in [1.29, 1.82) is 0 Å². The van der Waals surface area contributed by atoms with Crippen LogP contribution >= 0.6 is 0 Å². The first-order valence-electron chi connectivity index (χ1n) is 9.66. The highest BCUT2D eigenvalue weighted by Gasteiger charge is 2.57. The van der Waals surface area contributed by atoms with Crippen LogP contribution in [-0.4, -0.2) is 74.6 Å². The van der Waals surface area contributed by atoms with Gasteiger partial charge < -0.3 is 24.6 Å². The summed E-state index contributed by atoms with van der Waals surface area (Å²) in [4.78, 5) is 29.6. The van der Waals surface area contributed by atoms with Gasteiger partial charge in [-0.3, -0.25) is 9.59 Å². The van der Waals surface area contributed by atoms with Crippen molar-refractivity contribution in [3.8, 4) is 11.5 Å². The number of nitrogens with zero attached hydrogens (tertiary/aromatic N) is 2. The smallest absolute Gasteiger partial charge is 0.238 e. The summed E-state index contributed by atoms with van der Waals surface area (Å²) in [6, 6.07) is 7.29. The van der Waals surface area contributed by atoms with Crippen LogP contribution in [0.1, 0.15) is 19.8 Å². The Balaban J connectivity index is 1.42. The second-order valence-electron chi connectivity index (χ2n) is 7.09. The van der Waals surface area contributed by atoms with E-state index in [4.69, 9.17) is 9.47 Å². The van der Waals surface area contributed by atoms with Crippen LogP contribution in [0.5, 0.6) is 11.5 Å². The molecule has 7 heteroatoms. The molecule has 0 unspecified atom stereocenters. The fourth-order valence-electron chi connectivity index (χ4n) is 3.41. The molecule has 27 heavy (non-hydrogen) atoms. The van der Waals surface area contributed by atoms with Gasteiger partial charge in [0.25, 0.3) is 0 Å². The van der Waals surface area contributed by atoms with Gasteiger partial charge in [-0.05, 0) is 43.7 Å². The van der Waals surface area contributed by atoms with Crippen LogP contribution in [0.2, 0.25) is 0 Å². The van der Waals surface area contributed by atoms with Gasteiger partial charge in [0.2, 0.25) is 11.8 Å². The average Bonchev–Trinajstić information content (AvgIpc) is 3.53. The number of hydrogen-bond donors (Lipinski definition) is 1. The predicted octanol–water partition coefficient (Wildman–Crippen LogP) is 1.13. The molecule has 0 spiro atoms. The average molecular weight is 375 g/mol. The van der Waals surface area contributed by atoms with Crippen LogP contribution in [0.4, 0.5) is 0 Å². The van der Waals surface area contributed by atoms with Crippen LogP contribution in [0, 0.1) is 5.41 Å². The van der Waals surface area contributed by atoms with Gasteiger partial charge in [0.1, 0.15) is 23.5 Å². The number of likely N-dealkylation sites (N-methyl/N-ethyl adjacent to an activating group) is 1. The first kappa shape index (κ1) is 19.5. The summed E-state index contributed by atoms with van der Waals surface area (Å²) in [6.07, 6.45) is 1.29. The summed E-state index contributed by atoms with van der Waals surface area (Å²) < 4.78 is 10.7. The minimum absolute atomic E-state index is 0.00757. The summed E-state index contributed by atoms with van der Waals surface area (Å²) >= 11 is 0. The maximum atomic E-state index is 12.8. The van der Waals surface area contributed by atoms with Gasteiger partial charge in [0, 0.05) is 26.2 Å². The zero-order valence-electron chi connectivity index (χ0n) is 16.2. The highest BCUT2D eigenvalue weighted by Crippen LogP contribution is 2.47. The highest BCUT2D eigenvalue weighted by atomic mass is 16.5. The number of nitrogens with one attached hydrogen (secondary N) is 1. The molecule has 1 saturated carbocycles. The highest BCUT2D eigenvalue weighted by molar-refractivity contribution is 6.07. The van der Waals surface area contributed by atoms with E-state index in [-0.39, 0.29) is 11.8 Å². The van der Waals surface area contributed by atoms with Gasteiger partial charge >= 0.3 is 0 Å². The van der Waals surface area contributed by atoms with Crippen molar-refractivity contribution in [3.05, 3.63) is 24.3 Å². The van der Waals surface area contributed by atoms with Crippen molar-refractivity contribution in [1.82, 2.24) is 15.1 Å². The Labute approximate surface area is 160 Å². The molecule has 1 aromatic rings. The maximum Gasteiger partial charge on any atom is 0.238 e. The molecule has 3 rings (SSSR count). The molecule has 148 valence electrons. The summed E-state index contributed by atoms with van der Waals surface area (Å²) in [5.41, 5.74) is -0.839. The van der Waals surface area contributed by atoms with Crippen molar-refractivity contribution in [2.45, 2.75) is 19.8 Å². The number of rotatable bonds is 8. The van der Waals surface area contributed by atoms with E-state index in [1.54, 1.807) is 7.11 Å². The molecule has 1 heterocycles. The Morgan fingerprint density at radius 2 is 1.70 bits per heavy atom. The number of amides is 2. The number of carbonyl (C=O) groups is 2. The molecule has 0 atom stereocenters. The van der Waals surface area contributed by atoms with Gasteiger partial charge in [-0.15, -0.1) is 0 Å². The fraction of sp³-hybridized carbons (Fsp3) is 0.600. The molecule has 0 bridgehead atoms. The molecule has 2 aliphatic rings. The molecule has 1 aliphatic carbocycles. The van der Waals surface area contributed by atoms with Gasteiger partial charge in [0.15, 0.2) is 0 Å². The number of carbonyl (C=O) groups excluding carboxylic acids is 2. The van der Waals surface area contributed by atoms with Crippen molar-refractivity contribution >= 4 is 11.8 Å². The minimum Gasteiger partial charge on any atom is -0.497 e. The third-order valence-corrected chi connectivity index (χ3v) is 5.42. The topological polar surface area (TPSA) is 71.1 Å². The Kier molecular flexibility index (Phi) is 6.21. The zero-order valence-corrected chi connectivity index (χ0v) is 16.2. The van der Waals surface area contributed by atoms with E-state index in [0.29, 0.717) is 39.1 Å². The SMILES string of the molecule is CCN1CCN(C(=O)C2(C(=O)NCCOc3ccc(OC)cc3)CC2)CC1. The van der Waals surface area contributed by atoms with Crippen LogP contribution in [0.3, 0.4) is 0 Å². The molecule has 1 aliphatic heterocycles. The Morgan fingerprint density at radius 1 is 1.07 bits per heavy atom. The van der Waals surface area contributed by atoms with Gasteiger partial charge in [0.05, 0.1) is 13.7 Å². The lowest BCUT2D eigenvalue weighted by Crippen LogP contribution is -2.53. The molecular formula is C20H29N3O4. The quantitative estimate of drug-likeness (QED) is 0.545. The molecule has 2 amide bonds. The van der Waals surface area contributed by atoms with Crippen LogP contribution in [0.15, 0.2) is 24.3 Å². The lowest BCUT2D eigenvalue weighted by molar-refractivity contribution is -0.145. The summed E-state index contributed by atoms with van der Waals surface area (Å²) in [5.74, 6) is 1.32. The summed E-state index contributed by atoms with van der Waals surface area (Å²) in [6.45, 7) is 7.06. The zero-order chi connectivity index (χ0) is 19.3. The molecule has 0 radical (unpaired) electrons. The second kappa shape index (κ2) is 8.61. The van der Waals surface area contributed by atoms with E-state index in [1.165, 1.54) is 0 Å². The largest absolute Gasteiger partial charge is 0.497 e. The summed E-state index contributed by atoms with van der Waals surface area (Å²) in [7, 11) is 1.62. The number of ether oxygens (including phenoxy) is 2. The molecule has 1 saturated heterocycles. The van der Waals surface area contributed by atoms with E-state index in [2.05, 4.69) is 17.1 Å². The van der Waals surface area contributed by atoms with Gasteiger partial charge in [-0.2, -0.15) is 0 Å². The van der Waals surface area contributed by atoms with E-state index in [9.17, 15) is 9.59 Å². The Bertz CT molecular complexity index is 650. The lowest BCUT2D eigenvalue weighted by atomic mass is 10.0. The van der Waals surface area contributed by atoms with Crippen LogP contribution in [-0.2, 0) is 9.59 Å². The first-order valence-corrected chi connectivity index (χ1v) is 9.66. The van der Waals surface area contributed by atoms with E-state index >= 15 is 0 Å². The van der Waals surface area contributed by atoms with Crippen molar-refractivity contribution in [3.63, 3.8) is 0 Å². The molecule has 2 fully saturated rings. The minimum atomic E-state index is -0.839. The number of hydrogen-bond acceptors (Lipinski definition) is 5. The van der Waals surface area contributed by atoms with Crippen LogP contribution < -0.4 is 14.8 Å². The van der Waals surface area contributed by atoms with Crippen molar-refractivity contribution in [2.24, 2.45) is 5.41 Å². The molecule has 1 aromatic carbocycles. The third kappa shape index (κ3) is 4.53. The molecule has 7 nitrogen and oxygen atoms in total. The predicted molar refractivity (Wildman–Crippen MR) is 102 cm³/mol. The number of benzene rings is 1. The number of methoxy groups -OCH3 is 1. The van der Waals surface area contributed by atoms with Gasteiger partial charge in [-0.1, -0.05) is 6.92 Å². The van der Waals surface area contributed by atoms with Crippen LogP contribution in [0.25, 0.3) is 0 Å². The Hall–Kier alpha value is -2.28. The second-order valence-corrected chi connectivity index (χ2v) is 7.09. The summed E-state index contributed by atoms with van der Waals surface area (Å²) in [5, 5.41) is 2.87. The number of piperazine rings is 1. The van der Waals surface area contributed by atoms with Crippen molar-refractivity contribution < 1.29 is 19.1 Å². The Morgan fingerprint density at radius 3 is 2.26 bits per heavy atom. The fourth-order valence-corrected chi connectivity index (χ4v) is 3.41. The molecule has 0 aromatic heterocycles. The maximum absolute atomic E-state index is 12.8. The first-order chi connectivity index (χ1) is 13.1. The lowest BCUT2D eigenvalue weighted by Gasteiger charge is -2.35. The van der Waals surface area contributed by atoms with E-state index in [0.717, 1.165) is 31.1 Å². The van der Waals surface area contributed by atoms with Gasteiger partial charge in [-0.25, -0.2) is 0 Å². The van der Waals surface area contributed by atoms with E-state index < -0.39 is 5.41 Å². The standard InChI is InChI=1S/C20H29N3O4/c1-3-22-11-13-23(14-12-22)19(25)20(8-9-20)18(24)21-10-15-27-17-6-4-16(26-2)5-7-17/h4-7H,3,8-15H2,1-2H3,(H,21,24). The molecular weight excluding hydrogens is 346 g/mol. The normalized spacial score (nSPS) is 18.7.